The van der Waals surface area contributed by atoms with Crippen LogP contribution in [-0.2, 0) is 14.8 Å². The van der Waals surface area contributed by atoms with Crippen molar-refractivity contribution in [3.05, 3.63) is 47.3 Å². The number of aromatic nitrogens is 1. The van der Waals surface area contributed by atoms with Gasteiger partial charge in [-0.3, -0.25) is 4.90 Å². The van der Waals surface area contributed by atoms with E-state index in [4.69, 9.17) is 9.26 Å². The summed E-state index contributed by atoms with van der Waals surface area (Å²) in [6.07, 6.45) is 0. The van der Waals surface area contributed by atoms with Crippen LogP contribution in [0.2, 0.25) is 0 Å². The molecule has 1 aromatic heterocycles. The Bertz CT molecular complexity index is 779. The van der Waals surface area contributed by atoms with Gasteiger partial charge in [0, 0.05) is 25.7 Å². The number of benzene rings is 1. The van der Waals surface area contributed by atoms with Crippen LogP contribution in [0.25, 0.3) is 0 Å². The van der Waals surface area contributed by atoms with Crippen LogP contribution < -0.4 is 4.72 Å². The van der Waals surface area contributed by atoms with Gasteiger partial charge in [0.2, 0.25) is 10.0 Å². The van der Waals surface area contributed by atoms with Crippen LogP contribution in [0.15, 0.2) is 39.8 Å². The molecule has 2 aromatic rings. The number of nitrogens with one attached hydrogen (secondary N) is 1. The van der Waals surface area contributed by atoms with Gasteiger partial charge in [-0.05, 0) is 19.4 Å². The zero-order chi connectivity index (χ0) is 17.9. The fraction of sp³-hybridized carbons (Fsp3) is 0.471. The van der Waals surface area contributed by atoms with E-state index >= 15 is 0 Å². The Hall–Kier alpha value is -1.74. The molecule has 1 aliphatic rings. The summed E-state index contributed by atoms with van der Waals surface area (Å²) in [5, 5.41) is 3.74. The Kier molecular flexibility index (Phi) is 5.53. The fourth-order valence-corrected chi connectivity index (χ4v) is 4.50. The number of ether oxygens (including phenoxy) is 1. The summed E-state index contributed by atoms with van der Waals surface area (Å²) < 4.78 is 38.5. The van der Waals surface area contributed by atoms with E-state index in [2.05, 4.69) is 14.8 Å². The van der Waals surface area contributed by atoms with E-state index in [-0.39, 0.29) is 17.5 Å². The Morgan fingerprint density at radius 1 is 1.20 bits per heavy atom. The van der Waals surface area contributed by atoms with Gasteiger partial charge in [0.05, 0.1) is 13.2 Å². The molecular weight excluding hydrogens is 342 g/mol. The minimum Gasteiger partial charge on any atom is -0.379 e. The third kappa shape index (κ3) is 4.09. The molecule has 1 saturated heterocycles. The normalized spacial score (nSPS) is 17.5. The van der Waals surface area contributed by atoms with Gasteiger partial charge in [-0.1, -0.05) is 35.5 Å². The lowest BCUT2D eigenvalue weighted by Gasteiger charge is -2.34. The Morgan fingerprint density at radius 3 is 2.48 bits per heavy atom. The average molecular weight is 365 g/mol. The monoisotopic (exact) mass is 365 g/mol. The predicted octanol–water partition coefficient (Wildman–Crippen LogP) is 1.64. The maximum Gasteiger partial charge on any atom is 0.246 e. The highest BCUT2D eigenvalue weighted by Crippen LogP contribution is 2.23. The lowest BCUT2D eigenvalue weighted by Crippen LogP contribution is -2.43. The molecule has 7 nitrogen and oxygen atoms in total. The summed E-state index contributed by atoms with van der Waals surface area (Å²) >= 11 is 0. The zero-order valence-electron chi connectivity index (χ0n) is 14.4. The van der Waals surface area contributed by atoms with Crippen LogP contribution >= 0.6 is 0 Å². The molecule has 1 N–H and O–H groups in total. The van der Waals surface area contributed by atoms with Crippen LogP contribution in [0.4, 0.5) is 0 Å². The van der Waals surface area contributed by atoms with Crippen molar-refractivity contribution in [2.24, 2.45) is 0 Å². The van der Waals surface area contributed by atoms with Gasteiger partial charge < -0.3 is 9.26 Å². The van der Waals surface area contributed by atoms with E-state index in [0.717, 1.165) is 18.7 Å². The molecule has 0 amide bonds. The summed E-state index contributed by atoms with van der Waals surface area (Å²) in [6, 6.07) is 9.86. The molecule has 0 unspecified atom stereocenters. The second-order valence-electron chi connectivity index (χ2n) is 6.08. The van der Waals surface area contributed by atoms with Crippen molar-refractivity contribution in [3.8, 4) is 0 Å². The first-order chi connectivity index (χ1) is 12.0. The van der Waals surface area contributed by atoms with Crippen molar-refractivity contribution in [2.75, 3.05) is 32.8 Å². The van der Waals surface area contributed by atoms with Gasteiger partial charge in [0.25, 0.3) is 0 Å². The van der Waals surface area contributed by atoms with Crippen molar-refractivity contribution >= 4 is 10.0 Å². The van der Waals surface area contributed by atoms with Gasteiger partial charge >= 0.3 is 0 Å². The number of hydrogen-bond acceptors (Lipinski definition) is 6. The van der Waals surface area contributed by atoms with E-state index in [1.54, 1.807) is 13.8 Å². The van der Waals surface area contributed by atoms with Gasteiger partial charge in [-0.15, -0.1) is 0 Å². The number of aryl methyl sites for hydroxylation is 2. The molecule has 2 heterocycles. The Labute approximate surface area is 148 Å². The van der Waals surface area contributed by atoms with Crippen LogP contribution in [0.3, 0.4) is 0 Å². The molecule has 3 rings (SSSR count). The number of sulfonamides is 1. The van der Waals surface area contributed by atoms with E-state index in [1.165, 1.54) is 0 Å². The standard InChI is InChI=1S/C17H23N3O4S/c1-13-17(14(2)24-19-13)25(21,22)18-12-16(15-6-4-3-5-7-15)20-8-10-23-11-9-20/h3-7,16,18H,8-12H2,1-2H3/t16-/m0/s1. The number of hydrogen-bond donors (Lipinski definition) is 1. The van der Waals surface area contributed by atoms with E-state index in [1.807, 2.05) is 30.3 Å². The molecule has 25 heavy (non-hydrogen) atoms. The average Bonchev–Trinajstić information content (AvgIpc) is 2.96. The summed E-state index contributed by atoms with van der Waals surface area (Å²) in [4.78, 5) is 2.37. The smallest absolute Gasteiger partial charge is 0.246 e. The molecule has 1 fully saturated rings. The van der Waals surface area contributed by atoms with Crippen LogP contribution in [0, 0.1) is 13.8 Å². The summed E-state index contributed by atoms with van der Waals surface area (Å²) in [7, 11) is -3.68. The third-order valence-corrected chi connectivity index (χ3v) is 6.04. The quantitative estimate of drug-likeness (QED) is 0.838. The van der Waals surface area contributed by atoms with Crippen molar-refractivity contribution in [1.29, 1.82) is 0 Å². The topological polar surface area (TPSA) is 84.7 Å². The Morgan fingerprint density at radius 2 is 1.88 bits per heavy atom. The van der Waals surface area contributed by atoms with Gasteiger partial charge in [-0.2, -0.15) is 0 Å². The van der Waals surface area contributed by atoms with Gasteiger partial charge in [0.15, 0.2) is 5.76 Å². The molecule has 0 aliphatic carbocycles. The highest BCUT2D eigenvalue weighted by atomic mass is 32.2. The zero-order valence-corrected chi connectivity index (χ0v) is 15.3. The largest absolute Gasteiger partial charge is 0.379 e. The SMILES string of the molecule is Cc1noc(C)c1S(=O)(=O)NC[C@@H](c1ccccc1)N1CCOCC1. The minimum absolute atomic E-state index is 0.0552. The lowest BCUT2D eigenvalue weighted by atomic mass is 10.1. The second kappa shape index (κ2) is 7.65. The third-order valence-electron chi connectivity index (χ3n) is 4.37. The predicted molar refractivity (Wildman–Crippen MR) is 92.7 cm³/mol. The highest BCUT2D eigenvalue weighted by Gasteiger charge is 2.28. The van der Waals surface area contributed by atoms with Gasteiger partial charge in [-0.25, -0.2) is 13.1 Å². The number of morpholine rings is 1. The van der Waals surface area contributed by atoms with Gasteiger partial charge in [0.1, 0.15) is 10.6 Å². The second-order valence-corrected chi connectivity index (χ2v) is 7.78. The van der Waals surface area contributed by atoms with E-state index in [0.29, 0.717) is 24.7 Å². The maximum absolute atomic E-state index is 12.7. The van der Waals surface area contributed by atoms with Crippen LogP contribution in [0.1, 0.15) is 23.1 Å². The summed E-state index contributed by atoms with van der Waals surface area (Å²) in [6.45, 7) is 6.35. The highest BCUT2D eigenvalue weighted by molar-refractivity contribution is 7.89. The maximum atomic E-state index is 12.7. The molecule has 0 spiro atoms. The Balaban J connectivity index is 1.81. The van der Waals surface area contributed by atoms with Crippen molar-refractivity contribution in [1.82, 2.24) is 14.8 Å². The lowest BCUT2D eigenvalue weighted by molar-refractivity contribution is 0.0172. The molecule has 0 bridgehead atoms. The molecule has 8 heteroatoms. The summed E-state index contributed by atoms with van der Waals surface area (Å²) in [5.41, 5.74) is 1.44. The molecule has 0 saturated carbocycles. The first kappa shape index (κ1) is 18.1. The van der Waals surface area contributed by atoms with Crippen molar-refractivity contribution in [3.63, 3.8) is 0 Å². The summed E-state index contributed by atoms with van der Waals surface area (Å²) in [5.74, 6) is 0.299. The molecule has 1 aromatic carbocycles. The number of nitrogens with zero attached hydrogens (tertiary/aromatic N) is 2. The molecule has 1 aliphatic heterocycles. The van der Waals surface area contributed by atoms with E-state index < -0.39 is 10.0 Å². The minimum atomic E-state index is -3.68. The molecule has 136 valence electrons. The van der Waals surface area contributed by atoms with Crippen LogP contribution in [0.5, 0.6) is 0 Å². The number of rotatable bonds is 6. The van der Waals surface area contributed by atoms with E-state index in [9.17, 15) is 8.42 Å². The van der Waals surface area contributed by atoms with Crippen molar-refractivity contribution < 1.29 is 17.7 Å². The first-order valence-electron chi connectivity index (χ1n) is 8.28. The fourth-order valence-electron chi connectivity index (χ4n) is 3.14. The van der Waals surface area contributed by atoms with Crippen molar-refractivity contribution in [2.45, 2.75) is 24.8 Å². The van der Waals surface area contributed by atoms with Crippen LogP contribution in [-0.4, -0.2) is 51.3 Å². The first-order valence-corrected chi connectivity index (χ1v) is 9.76. The molecule has 1 atom stereocenters. The molecule has 0 radical (unpaired) electrons. The molecular formula is C17H23N3O4S.